The van der Waals surface area contributed by atoms with Gasteiger partial charge in [-0.15, -0.1) is 0 Å². The molecule has 40 heavy (non-hydrogen) atoms. The van der Waals surface area contributed by atoms with E-state index in [1.54, 1.807) is 18.2 Å². The molecule has 5 heteroatoms. The number of hydrogen-bond donors (Lipinski definition) is 1. The summed E-state index contributed by atoms with van der Waals surface area (Å²) in [4.78, 5) is 43.4. The Hall–Kier alpha value is -4.35. The van der Waals surface area contributed by atoms with Crippen LogP contribution in [0.1, 0.15) is 84.2 Å². The van der Waals surface area contributed by atoms with Gasteiger partial charge in [-0.2, -0.15) is 0 Å². The number of benzene rings is 4. The summed E-state index contributed by atoms with van der Waals surface area (Å²) in [6, 6.07) is 18.8. The highest BCUT2D eigenvalue weighted by Crippen LogP contribution is 2.44. The van der Waals surface area contributed by atoms with Gasteiger partial charge in [-0.1, -0.05) is 62.9 Å². The molecule has 2 aliphatic rings. The monoisotopic (exact) mass is 529 g/mol. The van der Waals surface area contributed by atoms with Crippen LogP contribution >= 0.6 is 0 Å². The summed E-state index contributed by atoms with van der Waals surface area (Å²) in [7, 11) is 0. The number of rotatable bonds is 5. The van der Waals surface area contributed by atoms with Gasteiger partial charge < -0.3 is 5.11 Å². The Labute approximate surface area is 233 Å². The van der Waals surface area contributed by atoms with Crippen LogP contribution in [0, 0.1) is 6.92 Å². The zero-order valence-corrected chi connectivity index (χ0v) is 23.0. The number of imide groups is 1. The number of nitrogens with zero attached hydrogens (tertiary/aromatic N) is 1. The molecule has 1 unspecified atom stereocenters. The first kappa shape index (κ1) is 25.9. The van der Waals surface area contributed by atoms with Crippen molar-refractivity contribution in [3.05, 3.63) is 123 Å². The van der Waals surface area contributed by atoms with E-state index in [2.05, 4.69) is 6.58 Å². The molecule has 0 radical (unpaired) electrons. The molecule has 1 aliphatic heterocycles. The molecule has 6 rings (SSSR count). The number of allylic oxidation sites excluding steroid dienone is 1. The lowest BCUT2D eigenvalue weighted by atomic mass is 9.83. The molecule has 1 heterocycles. The maximum Gasteiger partial charge on any atom is 0.266 e. The first-order chi connectivity index (χ1) is 19.3. The first-order valence-electron chi connectivity index (χ1n) is 13.8. The van der Waals surface area contributed by atoms with E-state index in [4.69, 9.17) is 0 Å². The molecule has 1 aliphatic carbocycles. The SMILES string of the molecule is C=C1C(=O)c2ccc3c4c(ccc(c24)CC1c1cc(CO)ccc1C)C(=O)N(c1c(CC)cccc1CC)C3=O. The molecule has 0 aromatic heterocycles. The quantitative estimate of drug-likeness (QED) is 0.232. The molecular formula is C35H31NO4. The number of aryl methyl sites for hydroxylation is 3. The largest absolute Gasteiger partial charge is 0.392 e. The maximum absolute atomic E-state index is 14.1. The highest BCUT2D eigenvalue weighted by atomic mass is 16.3. The van der Waals surface area contributed by atoms with Gasteiger partial charge in [0.1, 0.15) is 0 Å². The third kappa shape index (κ3) is 3.69. The second-order valence-electron chi connectivity index (χ2n) is 10.7. The van der Waals surface area contributed by atoms with E-state index < -0.39 is 0 Å². The number of amides is 2. The van der Waals surface area contributed by atoms with Crippen molar-refractivity contribution < 1.29 is 19.5 Å². The molecular weight excluding hydrogens is 498 g/mol. The third-order valence-corrected chi connectivity index (χ3v) is 8.59. The van der Waals surface area contributed by atoms with Crippen LogP contribution in [0.2, 0.25) is 0 Å². The van der Waals surface area contributed by atoms with Gasteiger partial charge in [-0.3, -0.25) is 14.4 Å². The Morgan fingerprint density at radius 3 is 2.10 bits per heavy atom. The Balaban J connectivity index is 1.56. The minimum Gasteiger partial charge on any atom is -0.392 e. The lowest BCUT2D eigenvalue weighted by molar-refractivity contribution is 0.0891. The van der Waals surface area contributed by atoms with Crippen molar-refractivity contribution in [3.8, 4) is 0 Å². The summed E-state index contributed by atoms with van der Waals surface area (Å²) in [5, 5.41) is 11.0. The molecule has 5 nitrogen and oxygen atoms in total. The van der Waals surface area contributed by atoms with Crippen molar-refractivity contribution in [2.24, 2.45) is 0 Å². The summed E-state index contributed by atoms with van der Waals surface area (Å²) >= 11 is 0. The smallest absolute Gasteiger partial charge is 0.266 e. The maximum atomic E-state index is 14.1. The van der Waals surface area contributed by atoms with Crippen LogP contribution in [0.15, 0.2) is 72.8 Å². The van der Waals surface area contributed by atoms with E-state index in [1.165, 1.54) is 4.90 Å². The van der Waals surface area contributed by atoms with Gasteiger partial charge in [0, 0.05) is 33.6 Å². The number of para-hydroxylation sites is 1. The number of aliphatic hydroxyl groups excluding tert-OH is 1. The van der Waals surface area contributed by atoms with Crippen molar-refractivity contribution in [2.75, 3.05) is 4.90 Å². The molecule has 1 atom stereocenters. The molecule has 0 bridgehead atoms. The van der Waals surface area contributed by atoms with Gasteiger partial charge in [0.15, 0.2) is 5.78 Å². The van der Waals surface area contributed by atoms with Gasteiger partial charge in [0.2, 0.25) is 0 Å². The minimum absolute atomic E-state index is 0.0927. The number of carbonyl (C=O) groups is 3. The highest BCUT2D eigenvalue weighted by molar-refractivity contribution is 6.37. The van der Waals surface area contributed by atoms with Crippen LogP contribution < -0.4 is 4.90 Å². The summed E-state index contributed by atoms with van der Waals surface area (Å²) in [6.45, 7) is 10.2. The van der Waals surface area contributed by atoms with E-state index in [0.717, 1.165) is 33.4 Å². The summed E-state index contributed by atoms with van der Waals surface area (Å²) in [5.74, 6) is -1.21. The van der Waals surface area contributed by atoms with Crippen molar-refractivity contribution in [1.29, 1.82) is 0 Å². The third-order valence-electron chi connectivity index (χ3n) is 8.59. The van der Waals surface area contributed by atoms with Crippen molar-refractivity contribution in [2.45, 2.75) is 52.6 Å². The summed E-state index contributed by atoms with van der Waals surface area (Å²) in [6.07, 6.45) is 1.88. The Morgan fingerprint density at radius 2 is 1.48 bits per heavy atom. The standard InChI is InChI=1S/C35H31NO4/c1-5-22-8-7-9-23(6-2)32(22)36-34(39)26-13-12-24-17-29(28-16-21(18-37)11-10-19(28)3)20(4)33(38)25-14-15-27(35(36)40)31(26)30(24)25/h7-16,29,37H,4-6,17-18H2,1-3H3. The Kier molecular flexibility index (Phi) is 6.27. The predicted octanol–water partition coefficient (Wildman–Crippen LogP) is 6.64. The van der Waals surface area contributed by atoms with Crippen LogP contribution in [0.3, 0.4) is 0 Å². The lowest BCUT2D eigenvalue weighted by Crippen LogP contribution is -2.41. The highest BCUT2D eigenvalue weighted by Gasteiger charge is 2.39. The van der Waals surface area contributed by atoms with Crippen LogP contribution in [-0.2, 0) is 25.9 Å². The van der Waals surface area contributed by atoms with E-state index in [0.29, 0.717) is 58.0 Å². The van der Waals surface area contributed by atoms with E-state index in [1.807, 2.05) is 63.2 Å². The fourth-order valence-corrected chi connectivity index (χ4v) is 6.46. The summed E-state index contributed by atoms with van der Waals surface area (Å²) < 4.78 is 0. The van der Waals surface area contributed by atoms with E-state index >= 15 is 0 Å². The predicted molar refractivity (Wildman–Crippen MR) is 157 cm³/mol. The van der Waals surface area contributed by atoms with Gasteiger partial charge >= 0.3 is 0 Å². The van der Waals surface area contributed by atoms with Gasteiger partial charge in [-0.25, -0.2) is 4.90 Å². The number of ketones is 1. The van der Waals surface area contributed by atoms with Crippen LogP contribution in [-0.4, -0.2) is 22.7 Å². The average Bonchev–Trinajstić information content (AvgIpc) is 3.08. The fraction of sp³-hybridized carbons (Fsp3) is 0.229. The zero-order valence-electron chi connectivity index (χ0n) is 23.0. The van der Waals surface area contributed by atoms with Crippen LogP contribution in [0.4, 0.5) is 5.69 Å². The number of aliphatic hydroxyl groups is 1. The lowest BCUT2D eigenvalue weighted by Gasteiger charge is -2.31. The van der Waals surface area contributed by atoms with Gasteiger partial charge in [0.25, 0.3) is 11.8 Å². The van der Waals surface area contributed by atoms with Crippen LogP contribution in [0.5, 0.6) is 0 Å². The molecule has 0 fully saturated rings. The second kappa shape index (κ2) is 9.68. The molecule has 200 valence electrons. The second-order valence-corrected chi connectivity index (χ2v) is 10.7. The van der Waals surface area contributed by atoms with Crippen LogP contribution in [0.25, 0.3) is 10.8 Å². The van der Waals surface area contributed by atoms with E-state index in [9.17, 15) is 19.5 Å². The minimum atomic E-state index is -0.365. The topological polar surface area (TPSA) is 74.7 Å². The molecule has 1 N–H and O–H groups in total. The van der Waals surface area contributed by atoms with Gasteiger partial charge in [0.05, 0.1) is 12.3 Å². The van der Waals surface area contributed by atoms with Crippen molar-refractivity contribution in [1.82, 2.24) is 0 Å². The van der Waals surface area contributed by atoms with Gasteiger partial charge in [-0.05, 0) is 83.2 Å². The molecule has 0 spiro atoms. The molecule has 0 saturated heterocycles. The number of anilines is 1. The number of carbonyl (C=O) groups excluding carboxylic acids is 3. The Bertz CT molecular complexity index is 1740. The number of Topliss-reactive ketones (excluding diaryl/α,β-unsaturated/α-hetero) is 1. The normalized spacial score (nSPS) is 16.6. The average molecular weight is 530 g/mol. The summed E-state index contributed by atoms with van der Waals surface area (Å²) in [5.41, 5.74) is 7.99. The molecule has 0 saturated carbocycles. The van der Waals surface area contributed by atoms with Crippen molar-refractivity contribution >= 4 is 34.1 Å². The Morgan fingerprint density at radius 1 is 0.850 bits per heavy atom. The zero-order chi connectivity index (χ0) is 28.3. The molecule has 4 aromatic carbocycles. The van der Waals surface area contributed by atoms with E-state index in [-0.39, 0.29) is 30.1 Å². The fourth-order valence-electron chi connectivity index (χ4n) is 6.46. The molecule has 2 amide bonds. The van der Waals surface area contributed by atoms with Crippen molar-refractivity contribution in [3.63, 3.8) is 0 Å². The molecule has 4 aromatic rings. The first-order valence-corrected chi connectivity index (χ1v) is 13.8. The number of hydrogen-bond acceptors (Lipinski definition) is 4.